The highest BCUT2D eigenvalue weighted by Crippen LogP contribution is 2.27. The number of hydrogen-bond donors (Lipinski definition) is 1. The largest absolute Gasteiger partial charge is 0.490 e. The summed E-state index contributed by atoms with van der Waals surface area (Å²) in [4.78, 5) is 27.4. The van der Waals surface area contributed by atoms with Gasteiger partial charge in [0.1, 0.15) is 5.52 Å². The summed E-state index contributed by atoms with van der Waals surface area (Å²) in [7, 11) is 1.34. The Morgan fingerprint density at radius 1 is 1.13 bits per heavy atom. The van der Waals surface area contributed by atoms with Crippen molar-refractivity contribution < 1.29 is 18.9 Å². The summed E-state index contributed by atoms with van der Waals surface area (Å²) in [6.45, 7) is 0.270. The first-order valence-corrected chi connectivity index (χ1v) is 9.10. The molecule has 0 unspecified atom stereocenters. The smallest absolute Gasteiger partial charge is 0.311 e. The predicted octanol–water partition coefficient (Wildman–Crippen LogP) is 4.34. The van der Waals surface area contributed by atoms with Crippen molar-refractivity contribution in [2.45, 2.75) is 6.54 Å². The molecular weight excluding hydrogens is 386 g/mol. The van der Waals surface area contributed by atoms with E-state index < -0.39 is 10.8 Å². The number of nitro benzene ring substituents is 1. The first-order valence-electron chi connectivity index (χ1n) is 9.10. The minimum Gasteiger partial charge on any atom is -0.490 e. The van der Waals surface area contributed by atoms with Crippen LogP contribution in [-0.4, -0.2) is 22.9 Å². The number of carbonyl (C=O) groups excluding carboxylic acids is 1. The highest BCUT2D eigenvalue weighted by atomic mass is 16.6. The molecule has 0 saturated carbocycles. The predicted molar refractivity (Wildman–Crippen MR) is 110 cm³/mol. The van der Waals surface area contributed by atoms with Gasteiger partial charge in [-0.05, 0) is 42.0 Å². The van der Waals surface area contributed by atoms with E-state index in [9.17, 15) is 14.9 Å². The average molecular weight is 403 g/mol. The number of amides is 1. The van der Waals surface area contributed by atoms with Crippen molar-refractivity contribution in [3.8, 4) is 17.2 Å². The summed E-state index contributed by atoms with van der Waals surface area (Å²) in [5.74, 6) is 0.215. The Balaban J connectivity index is 1.44. The van der Waals surface area contributed by atoms with Gasteiger partial charge in [-0.15, -0.1) is 0 Å². The highest BCUT2D eigenvalue weighted by molar-refractivity contribution is 5.95. The van der Waals surface area contributed by atoms with Crippen LogP contribution < -0.4 is 10.1 Å². The van der Waals surface area contributed by atoms with Crippen LogP contribution in [0.5, 0.6) is 5.75 Å². The van der Waals surface area contributed by atoms with E-state index in [2.05, 4.69) is 10.3 Å². The standard InChI is InChI=1S/C22H17N3O5/c1-29-20-11-10-16(12-18(20)25(27)28)21(26)23-13-14-6-8-15(9-7-14)22-24-17-4-2-3-5-19(17)30-22/h2-12H,13H2,1H3,(H,23,26). The van der Waals surface area contributed by atoms with Gasteiger partial charge in [0.2, 0.25) is 5.89 Å². The lowest BCUT2D eigenvalue weighted by Crippen LogP contribution is -2.22. The topological polar surface area (TPSA) is 108 Å². The number of nitro groups is 1. The Labute approximate surface area is 171 Å². The molecule has 0 aliphatic carbocycles. The SMILES string of the molecule is COc1ccc(C(=O)NCc2ccc(-c3nc4ccccc4o3)cc2)cc1[N+](=O)[O-]. The number of carbonyl (C=O) groups is 1. The summed E-state index contributed by atoms with van der Waals surface area (Å²) >= 11 is 0. The van der Waals surface area contributed by atoms with Gasteiger partial charge in [0.15, 0.2) is 11.3 Å². The highest BCUT2D eigenvalue weighted by Gasteiger charge is 2.18. The number of methoxy groups -OCH3 is 1. The zero-order chi connectivity index (χ0) is 21.1. The van der Waals surface area contributed by atoms with E-state index >= 15 is 0 Å². The molecule has 8 nitrogen and oxygen atoms in total. The van der Waals surface area contributed by atoms with Crippen LogP contribution in [0.3, 0.4) is 0 Å². The monoisotopic (exact) mass is 403 g/mol. The van der Waals surface area contributed by atoms with Crippen LogP contribution >= 0.6 is 0 Å². The fourth-order valence-corrected chi connectivity index (χ4v) is 3.02. The normalized spacial score (nSPS) is 10.7. The Morgan fingerprint density at radius 2 is 1.90 bits per heavy atom. The lowest BCUT2D eigenvalue weighted by Gasteiger charge is -2.07. The molecule has 1 N–H and O–H groups in total. The van der Waals surface area contributed by atoms with Gasteiger partial charge in [0.25, 0.3) is 5.91 Å². The minimum absolute atomic E-state index is 0.103. The number of fused-ring (bicyclic) bond motifs is 1. The van der Waals surface area contributed by atoms with Crippen LogP contribution in [0.25, 0.3) is 22.6 Å². The second kappa shape index (κ2) is 8.04. The summed E-state index contributed by atoms with van der Waals surface area (Å²) in [6, 6.07) is 19.1. The number of benzene rings is 3. The third-order valence-corrected chi connectivity index (χ3v) is 4.59. The van der Waals surface area contributed by atoms with Gasteiger partial charge in [-0.3, -0.25) is 14.9 Å². The number of hydrogen-bond acceptors (Lipinski definition) is 6. The molecule has 0 aliphatic rings. The first kappa shape index (κ1) is 19.1. The van der Waals surface area contributed by atoms with Crippen molar-refractivity contribution in [1.82, 2.24) is 10.3 Å². The molecule has 1 heterocycles. The van der Waals surface area contributed by atoms with Crippen LogP contribution in [0.15, 0.2) is 71.1 Å². The summed E-state index contributed by atoms with van der Waals surface area (Å²) in [6.07, 6.45) is 0. The summed E-state index contributed by atoms with van der Waals surface area (Å²) in [5, 5.41) is 13.9. The Bertz CT molecular complexity index is 1200. The number of rotatable bonds is 6. The van der Waals surface area contributed by atoms with E-state index in [0.29, 0.717) is 5.89 Å². The third kappa shape index (κ3) is 3.83. The Morgan fingerprint density at radius 3 is 2.60 bits per heavy atom. The third-order valence-electron chi connectivity index (χ3n) is 4.59. The number of aromatic nitrogens is 1. The molecule has 0 atom stereocenters. The van der Waals surface area contributed by atoms with Crippen LogP contribution in [-0.2, 0) is 6.54 Å². The van der Waals surface area contributed by atoms with Crippen LogP contribution in [0.1, 0.15) is 15.9 Å². The van der Waals surface area contributed by atoms with Gasteiger partial charge in [0, 0.05) is 23.7 Å². The van der Waals surface area contributed by atoms with Gasteiger partial charge in [-0.1, -0.05) is 24.3 Å². The van der Waals surface area contributed by atoms with E-state index in [0.717, 1.165) is 22.2 Å². The molecule has 0 radical (unpaired) electrons. The zero-order valence-electron chi connectivity index (χ0n) is 16.0. The van der Waals surface area contributed by atoms with E-state index in [-0.39, 0.29) is 23.5 Å². The van der Waals surface area contributed by atoms with Crippen molar-refractivity contribution >= 4 is 22.7 Å². The van der Waals surface area contributed by atoms with Gasteiger partial charge in [0.05, 0.1) is 12.0 Å². The minimum atomic E-state index is -0.583. The molecule has 0 aliphatic heterocycles. The lowest BCUT2D eigenvalue weighted by atomic mass is 10.1. The van der Waals surface area contributed by atoms with Crippen molar-refractivity contribution in [1.29, 1.82) is 0 Å². The van der Waals surface area contributed by atoms with Crippen molar-refractivity contribution in [2.75, 3.05) is 7.11 Å². The van der Waals surface area contributed by atoms with E-state index in [4.69, 9.17) is 9.15 Å². The molecular formula is C22H17N3O5. The lowest BCUT2D eigenvalue weighted by molar-refractivity contribution is -0.385. The van der Waals surface area contributed by atoms with Crippen molar-refractivity contribution in [2.24, 2.45) is 0 Å². The fraction of sp³-hybridized carbons (Fsp3) is 0.0909. The number of nitrogens with one attached hydrogen (secondary N) is 1. The number of ether oxygens (including phenoxy) is 1. The average Bonchev–Trinajstić information content (AvgIpc) is 3.21. The second-order valence-electron chi connectivity index (χ2n) is 6.51. The maximum Gasteiger partial charge on any atom is 0.311 e. The zero-order valence-corrected chi connectivity index (χ0v) is 16.0. The molecule has 0 bridgehead atoms. The van der Waals surface area contributed by atoms with Gasteiger partial charge >= 0.3 is 5.69 Å². The maximum atomic E-state index is 12.4. The van der Waals surface area contributed by atoms with Crippen LogP contribution in [0.4, 0.5) is 5.69 Å². The maximum absolute atomic E-state index is 12.4. The van der Waals surface area contributed by atoms with Crippen LogP contribution in [0.2, 0.25) is 0 Å². The van der Waals surface area contributed by atoms with Gasteiger partial charge in [-0.2, -0.15) is 0 Å². The van der Waals surface area contributed by atoms with Crippen molar-refractivity contribution in [3.63, 3.8) is 0 Å². The summed E-state index contributed by atoms with van der Waals surface area (Å²) < 4.78 is 10.7. The molecule has 1 amide bonds. The Hall–Kier alpha value is -4.20. The molecule has 0 spiro atoms. The molecule has 0 fully saturated rings. The van der Waals surface area contributed by atoms with E-state index in [1.54, 1.807) is 0 Å². The number of oxazole rings is 1. The fourth-order valence-electron chi connectivity index (χ4n) is 3.02. The number of para-hydroxylation sites is 2. The quantitative estimate of drug-likeness (QED) is 0.379. The molecule has 4 rings (SSSR count). The molecule has 0 saturated heterocycles. The van der Waals surface area contributed by atoms with Gasteiger partial charge in [-0.25, -0.2) is 4.98 Å². The summed E-state index contributed by atoms with van der Waals surface area (Å²) in [5.41, 5.74) is 3.13. The first-order chi connectivity index (χ1) is 14.5. The molecule has 30 heavy (non-hydrogen) atoms. The molecule has 1 aromatic heterocycles. The molecule has 3 aromatic carbocycles. The van der Waals surface area contributed by atoms with Crippen molar-refractivity contribution in [3.05, 3.63) is 88.0 Å². The Kier molecular flexibility index (Phi) is 5.13. The van der Waals surface area contributed by atoms with Crippen LogP contribution in [0, 0.1) is 10.1 Å². The van der Waals surface area contributed by atoms with E-state index in [1.165, 1.54) is 25.3 Å². The number of nitrogens with zero attached hydrogens (tertiary/aromatic N) is 2. The molecule has 4 aromatic rings. The van der Waals surface area contributed by atoms with Gasteiger partial charge < -0.3 is 14.5 Å². The molecule has 150 valence electrons. The molecule has 8 heteroatoms. The second-order valence-corrected chi connectivity index (χ2v) is 6.51. The van der Waals surface area contributed by atoms with E-state index in [1.807, 2.05) is 48.5 Å².